The van der Waals surface area contributed by atoms with E-state index in [1.54, 1.807) is 0 Å². The number of hydrogen-bond donors (Lipinski definition) is 2. The van der Waals surface area contributed by atoms with Crippen LogP contribution in [0.25, 0.3) is 0 Å². The number of nitrogens with two attached hydrogens (primary N) is 1. The lowest BCUT2D eigenvalue weighted by Crippen LogP contribution is -2.44. The van der Waals surface area contributed by atoms with Crippen LogP contribution < -0.4 is 11.1 Å². The average molecular weight is 305 g/mol. The summed E-state index contributed by atoms with van der Waals surface area (Å²) in [5.41, 5.74) is 7.21. The molecule has 3 atom stereocenters. The summed E-state index contributed by atoms with van der Waals surface area (Å²) in [4.78, 5) is 14.5. The van der Waals surface area contributed by atoms with Crippen molar-refractivity contribution < 1.29 is 4.79 Å². The fourth-order valence-corrected chi connectivity index (χ4v) is 2.53. The standard InChI is InChI=1S/C18H31N3O/c1-13(2)11-16(21(4)5)12-20-18(22)14(3)17(19)15-9-7-6-8-10-15/h6-10,13-14,16-17H,11-12,19H2,1-5H3,(H,20,22). The molecule has 4 nitrogen and oxygen atoms in total. The molecular weight excluding hydrogens is 274 g/mol. The van der Waals surface area contributed by atoms with Crippen molar-refractivity contribution in [1.82, 2.24) is 10.2 Å². The van der Waals surface area contributed by atoms with E-state index in [9.17, 15) is 4.79 Å². The van der Waals surface area contributed by atoms with Gasteiger partial charge in [-0.3, -0.25) is 4.79 Å². The van der Waals surface area contributed by atoms with Gasteiger partial charge in [-0.05, 0) is 32.0 Å². The highest BCUT2D eigenvalue weighted by molar-refractivity contribution is 5.79. The maximum absolute atomic E-state index is 12.4. The van der Waals surface area contributed by atoms with Crippen molar-refractivity contribution in [2.45, 2.75) is 39.3 Å². The molecule has 0 saturated carbocycles. The summed E-state index contributed by atoms with van der Waals surface area (Å²) in [6.45, 7) is 6.95. The largest absolute Gasteiger partial charge is 0.354 e. The molecule has 1 rings (SSSR count). The van der Waals surface area contributed by atoms with E-state index in [4.69, 9.17) is 5.73 Å². The Kier molecular flexibility index (Phi) is 7.56. The van der Waals surface area contributed by atoms with Gasteiger partial charge in [0, 0.05) is 18.6 Å². The quantitative estimate of drug-likeness (QED) is 0.775. The van der Waals surface area contributed by atoms with E-state index in [2.05, 4.69) is 38.2 Å². The van der Waals surface area contributed by atoms with E-state index in [1.165, 1.54) is 0 Å². The van der Waals surface area contributed by atoms with Gasteiger partial charge >= 0.3 is 0 Å². The normalized spacial score (nSPS) is 15.6. The third kappa shape index (κ3) is 5.78. The molecule has 0 aliphatic heterocycles. The maximum atomic E-state index is 12.4. The first kappa shape index (κ1) is 18.7. The highest BCUT2D eigenvalue weighted by atomic mass is 16.1. The second kappa shape index (κ2) is 8.91. The predicted molar refractivity (Wildman–Crippen MR) is 92.5 cm³/mol. The molecule has 0 bridgehead atoms. The smallest absolute Gasteiger partial charge is 0.224 e. The minimum Gasteiger partial charge on any atom is -0.354 e. The maximum Gasteiger partial charge on any atom is 0.224 e. The Bertz CT molecular complexity index is 445. The number of likely N-dealkylation sites (N-methyl/N-ethyl adjacent to an activating group) is 1. The van der Waals surface area contributed by atoms with Crippen LogP contribution in [0.3, 0.4) is 0 Å². The first-order valence-corrected chi connectivity index (χ1v) is 8.07. The van der Waals surface area contributed by atoms with Crippen LogP contribution in [0.4, 0.5) is 0 Å². The lowest BCUT2D eigenvalue weighted by molar-refractivity contribution is -0.125. The van der Waals surface area contributed by atoms with Gasteiger partial charge < -0.3 is 16.0 Å². The van der Waals surface area contributed by atoms with Crippen molar-refractivity contribution in [1.29, 1.82) is 0 Å². The Hall–Kier alpha value is -1.39. The molecule has 4 heteroatoms. The van der Waals surface area contributed by atoms with Crippen molar-refractivity contribution in [3.8, 4) is 0 Å². The van der Waals surface area contributed by atoms with E-state index < -0.39 is 0 Å². The Labute approximate surface area is 135 Å². The number of hydrogen-bond acceptors (Lipinski definition) is 3. The molecule has 3 N–H and O–H groups in total. The van der Waals surface area contributed by atoms with Gasteiger partial charge in [-0.1, -0.05) is 51.1 Å². The SMILES string of the molecule is CC(C)CC(CNC(=O)C(C)C(N)c1ccccc1)N(C)C. The van der Waals surface area contributed by atoms with Gasteiger partial charge in [0.15, 0.2) is 0 Å². The van der Waals surface area contributed by atoms with E-state index in [1.807, 2.05) is 37.3 Å². The van der Waals surface area contributed by atoms with Gasteiger partial charge in [-0.15, -0.1) is 0 Å². The third-order valence-electron chi connectivity index (χ3n) is 4.12. The summed E-state index contributed by atoms with van der Waals surface area (Å²) in [6, 6.07) is 9.86. The Morgan fingerprint density at radius 2 is 1.77 bits per heavy atom. The first-order chi connectivity index (χ1) is 10.3. The van der Waals surface area contributed by atoms with E-state index in [0.717, 1.165) is 12.0 Å². The lowest BCUT2D eigenvalue weighted by atomic mass is 9.94. The van der Waals surface area contributed by atoms with E-state index in [0.29, 0.717) is 18.5 Å². The fraction of sp³-hybridized carbons (Fsp3) is 0.611. The van der Waals surface area contributed by atoms with Crippen LogP contribution in [0.1, 0.15) is 38.8 Å². The molecule has 0 radical (unpaired) electrons. The van der Waals surface area contributed by atoms with Crippen LogP contribution in [0, 0.1) is 11.8 Å². The summed E-state index contributed by atoms with van der Waals surface area (Å²) in [6.07, 6.45) is 1.06. The molecular formula is C18H31N3O. The van der Waals surface area contributed by atoms with Gasteiger partial charge in [-0.25, -0.2) is 0 Å². The summed E-state index contributed by atoms with van der Waals surface area (Å²) in [7, 11) is 4.11. The minimum atomic E-state index is -0.274. The first-order valence-electron chi connectivity index (χ1n) is 8.07. The molecule has 0 spiro atoms. The monoisotopic (exact) mass is 305 g/mol. The number of amides is 1. The average Bonchev–Trinajstić information content (AvgIpc) is 2.49. The van der Waals surface area contributed by atoms with Crippen LogP contribution in [0.2, 0.25) is 0 Å². The van der Waals surface area contributed by atoms with Crippen LogP contribution in [-0.4, -0.2) is 37.5 Å². The second-order valence-corrected chi connectivity index (χ2v) is 6.72. The topological polar surface area (TPSA) is 58.4 Å². The summed E-state index contributed by atoms with van der Waals surface area (Å²) >= 11 is 0. The Balaban J connectivity index is 2.56. The Morgan fingerprint density at radius 1 is 1.18 bits per heavy atom. The van der Waals surface area contributed by atoms with Gasteiger partial charge in [0.25, 0.3) is 0 Å². The molecule has 0 aliphatic rings. The molecule has 0 heterocycles. The van der Waals surface area contributed by atoms with Crippen LogP contribution in [0.5, 0.6) is 0 Å². The Morgan fingerprint density at radius 3 is 2.27 bits per heavy atom. The molecule has 22 heavy (non-hydrogen) atoms. The number of benzene rings is 1. The zero-order valence-electron chi connectivity index (χ0n) is 14.5. The third-order valence-corrected chi connectivity index (χ3v) is 4.12. The van der Waals surface area contributed by atoms with E-state index in [-0.39, 0.29) is 17.9 Å². The predicted octanol–water partition coefficient (Wildman–Crippen LogP) is 2.42. The van der Waals surface area contributed by atoms with Crippen LogP contribution in [-0.2, 0) is 4.79 Å². The summed E-state index contributed by atoms with van der Waals surface area (Å²) in [5.74, 6) is 0.379. The zero-order chi connectivity index (χ0) is 16.7. The number of carbonyl (C=O) groups is 1. The summed E-state index contributed by atoms with van der Waals surface area (Å²) < 4.78 is 0. The van der Waals surface area contributed by atoms with Gasteiger partial charge in [0.2, 0.25) is 5.91 Å². The molecule has 124 valence electrons. The van der Waals surface area contributed by atoms with Crippen molar-refractivity contribution in [2.24, 2.45) is 17.6 Å². The van der Waals surface area contributed by atoms with Crippen LogP contribution >= 0.6 is 0 Å². The molecule has 0 aliphatic carbocycles. The zero-order valence-corrected chi connectivity index (χ0v) is 14.5. The van der Waals surface area contributed by atoms with Crippen molar-refractivity contribution in [3.63, 3.8) is 0 Å². The van der Waals surface area contributed by atoms with Crippen molar-refractivity contribution in [2.75, 3.05) is 20.6 Å². The highest BCUT2D eigenvalue weighted by Crippen LogP contribution is 2.19. The summed E-state index contributed by atoms with van der Waals surface area (Å²) in [5, 5.41) is 3.06. The van der Waals surface area contributed by atoms with Crippen molar-refractivity contribution >= 4 is 5.91 Å². The molecule has 0 aromatic heterocycles. The van der Waals surface area contributed by atoms with Gasteiger partial charge in [0.05, 0.1) is 5.92 Å². The van der Waals surface area contributed by atoms with Crippen molar-refractivity contribution in [3.05, 3.63) is 35.9 Å². The van der Waals surface area contributed by atoms with Crippen LogP contribution in [0.15, 0.2) is 30.3 Å². The molecule has 1 aromatic rings. The number of carbonyl (C=O) groups excluding carboxylic acids is 1. The number of rotatable bonds is 8. The number of nitrogens with one attached hydrogen (secondary N) is 1. The molecule has 3 unspecified atom stereocenters. The van der Waals surface area contributed by atoms with Gasteiger partial charge in [-0.2, -0.15) is 0 Å². The minimum absolute atomic E-state index is 0.0203. The molecule has 0 fully saturated rings. The molecule has 1 amide bonds. The molecule has 1 aromatic carbocycles. The fourth-order valence-electron chi connectivity index (χ4n) is 2.53. The number of nitrogens with zero attached hydrogens (tertiary/aromatic N) is 1. The molecule has 0 saturated heterocycles. The second-order valence-electron chi connectivity index (χ2n) is 6.72. The highest BCUT2D eigenvalue weighted by Gasteiger charge is 2.23. The lowest BCUT2D eigenvalue weighted by Gasteiger charge is -2.27. The van der Waals surface area contributed by atoms with E-state index >= 15 is 0 Å². The van der Waals surface area contributed by atoms with Gasteiger partial charge in [0.1, 0.15) is 0 Å².